The molecule has 40 heteroatoms. The number of carbonyl (C=O) groups is 6. The maximum Gasteiger partial charge on any atom is 0.410 e. The largest absolute Gasteiger partial charge is 0.474 e. The Kier molecular flexibility index (Phi) is 32.8. The van der Waals surface area contributed by atoms with Crippen LogP contribution in [0.25, 0.3) is 11.2 Å². The van der Waals surface area contributed by atoms with E-state index in [9.17, 15) is 47.8 Å². The molecule has 3 aromatic heterocycles. The summed E-state index contributed by atoms with van der Waals surface area (Å²) in [5.74, 6) is 4.58. The van der Waals surface area contributed by atoms with Gasteiger partial charge >= 0.3 is 25.8 Å². The molecule has 2 saturated carbocycles. The number of H-pyrrole nitrogens is 1. The number of hydrogen-bond donors (Lipinski definition) is 9. The molecule has 36 nitrogen and oxygen atoms in total. The predicted octanol–water partition coefficient (Wildman–Crippen LogP) is 6.18. The highest BCUT2D eigenvalue weighted by atomic mass is 32.7. The van der Waals surface area contributed by atoms with Gasteiger partial charge in [-0.2, -0.15) is 4.98 Å². The molecule has 4 fully saturated rings. The highest BCUT2D eigenvalue weighted by Crippen LogP contribution is 2.61. The van der Waals surface area contributed by atoms with Crippen LogP contribution in [-0.2, 0) is 97.4 Å². The molecule has 111 heavy (non-hydrogen) atoms. The fourth-order valence-electron chi connectivity index (χ4n) is 13.0. The number of fused-ring (bicyclic) bond motifs is 5. The molecule has 3 aliphatic carbocycles. The number of thiol groups is 2. The smallest absolute Gasteiger partial charge is 0.410 e. The fourth-order valence-corrected chi connectivity index (χ4v) is 16.0. The lowest BCUT2D eigenvalue weighted by Crippen LogP contribution is -2.53. The number of amides is 6. The van der Waals surface area contributed by atoms with Crippen LogP contribution in [0.15, 0.2) is 78.2 Å². The minimum Gasteiger partial charge on any atom is -0.474 e. The summed E-state index contributed by atoms with van der Waals surface area (Å²) in [6.45, 7) is -1.67. The van der Waals surface area contributed by atoms with E-state index in [0.717, 1.165) is 32.0 Å². The van der Waals surface area contributed by atoms with Crippen molar-refractivity contribution in [3.05, 3.63) is 100 Å². The maximum absolute atomic E-state index is 14.4. The van der Waals surface area contributed by atoms with E-state index in [0.29, 0.717) is 67.6 Å². The number of nitrogens with one attached hydrogen (secondary N) is 6. The van der Waals surface area contributed by atoms with Crippen LogP contribution < -0.4 is 36.9 Å². The molecule has 5 aromatic rings. The van der Waals surface area contributed by atoms with Crippen LogP contribution in [0.4, 0.5) is 21.2 Å². The van der Waals surface area contributed by atoms with Gasteiger partial charge in [0, 0.05) is 81.9 Å². The number of alkyl carbamates (subject to hydrolysis) is 1. The number of benzene rings is 2. The number of anilines is 2. The minimum absolute atomic E-state index is 0.0120. The summed E-state index contributed by atoms with van der Waals surface area (Å²) in [6.07, 6.45) is -0.458. The maximum atomic E-state index is 14.4. The van der Waals surface area contributed by atoms with Gasteiger partial charge in [0.1, 0.15) is 49.4 Å². The zero-order valence-corrected chi connectivity index (χ0v) is 65.5. The molecular weight excluding hydrogens is 1530 g/mol. The average molecular weight is 1630 g/mol. The van der Waals surface area contributed by atoms with Crippen molar-refractivity contribution in [2.75, 3.05) is 123 Å². The van der Waals surface area contributed by atoms with Crippen LogP contribution in [0.5, 0.6) is 5.88 Å². The van der Waals surface area contributed by atoms with E-state index in [1.165, 1.54) is 35.0 Å². The van der Waals surface area contributed by atoms with E-state index in [2.05, 4.69) is 87.8 Å². The van der Waals surface area contributed by atoms with E-state index < -0.39 is 116 Å². The van der Waals surface area contributed by atoms with Crippen LogP contribution >= 0.6 is 38.1 Å². The number of imidazole rings is 1. The van der Waals surface area contributed by atoms with E-state index in [1.807, 2.05) is 0 Å². The summed E-state index contributed by atoms with van der Waals surface area (Å²) in [6, 6.07) is 12.3. The Labute approximate surface area is 651 Å². The van der Waals surface area contributed by atoms with Gasteiger partial charge in [-0.3, -0.25) is 52.4 Å². The van der Waals surface area contributed by atoms with Gasteiger partial charge in [-0.1, -0.05) is 68.7 Å². The van der Waals surface area contributed by atoms with Gasteiger partial charge in [0.2, 0.25) is 29.5 Å². The molecule has 2 aliphatic heterocycles. The number of nitrogens with zero attached hydrogens (tertiary/aromatic N) is 6. The predicted molar refractivity (Wildman–Crippen MR) is 403 cm³/mol. The Morgan fingerprint density at radius 1 is 0.775 bits per heavy atom. The summed E-state index contributed by atoms with van der Waals surface area (Å²) in [5.41, 5.74) is -0.00546. The lowest BCUT2D eigenvalue weighted by molar-refractivity contribution is -0.132. The first-order valence-electron chi connectivity index (χ1n) is 36.6. The van der Waals surface area contributed by atoms with Gasteiger partial charge in [0.05, 0.1) is 105 Å². The van der Waals surface area contributed by atoms with Gasteiger partial charge in [-0.05, 0) is 79.2 Å². The first kappa shape index (κ1) is 85.8. The van der Waals surface area contributed by atoms with Crippen molar-refractivity contribution in [3.63, 3.8) is 0 Å². The second kappa shape index (κ2) is 42.4. The Balaban J connectivity index is 0.703. The zero-order chi connectivity index (χ0) is 78.9. The molecular formula is C71H96N12O24P2S2. The second-order valence-corrected chi connectivity index (χ2v) is 32.9. The standard InChI is InChI=1S/C71H96N12O24P2S2/c1-44(2)59(78-57(84)20-24-95-29-30-96-25-22-73-70(90)100-40-54-52-13-7-5-6-8-14-53(52)54)66(88)76-45(3)64(86)77-49-17-15-46(16-18-49)38-101-71(91)82(23-26-97-31-32-99-34-33-98-28-27-94-4)37-47-11-9-10-12-51(47)65(87)80-69-79-63-60(67(89)81-69)75-43-83(63)68-62-61(85)56(105-68)41-103-108(92,110)106-55-36-50(104-58-19-21-72-42-74-58)35-48(55)39-102-109(93,111)107-62/h9-12,15-19,21,42-45,48,50,52-56,59,61-62,68,85H,7-8,13-14,20,22-41H2,1-4H3,(H,73,90)(H,76,88)(H,77,86)(H,78,84)(H,92,110)(H,93,111)(H2,79,80,81,87,89)/t45-,48+,50+,52-,53+,54-,55-,56+,59-,61+,62+,68+,108+,109+/m0/s1. The Morgan fingerprint density at radius 3 is 2.17 bits per heavy atom. The number of aliphatic hydroxyl groups excluding tert-OH is 1. The molecule has 606 valence electrons. The number of ether oxygens (including phenoxy) is 10. The van der Waals surface area contributed by atoms with Crippen molar-refractivity contribution >= 4 is 96.7 Å². The van der Waals surface area contributed by atoms with Crippen LogP contribution in [0.1, 0.15) is 93.4 Å². The molecule has 14 atom stereocenters. The molecule has 5 heterocycles. The van der Waals surface area contributed by atoms with Crippen molar-refractivity contribution < 1.29 is 108 Å². The van der Waals surface area contributed by atoms with Crippen LogP contribution in [0.3, 0.4) is 0 Å². The zero-order valence-electron chi connectivity index (χ0n) is 61.9. The van der Waals surface area contributed by atoms with Gasteiger partial charge in [-0.15, -0.1) is 11.8 Å². The van der Waals surface area contributed by atoms with Crippen molar-refractivity contribution in [1.82, 2.24) is 50.3 Å². The highest BCUT2D eigenvalue weighted by molar-refractivity contribution is 8.44. The van der Waals surface area contributed by atoms with Gasteiger partial charge < -0.3 is 83.2 Å². The molecule has 0 spiro atoms. The Hall–Kier alpha value is -7.67. The molecule has 2 bridgehead atoms. The summed E-state index contributed by atoms with van der Waals surface area (Å²) >= 11 is 8.49. The van der Waals surface area contributed by atoms with E-state index >= 15 is 0 Å². The van der Waals surface area contributed by atoms with E-state index in [4.69, 9.17) is 65.5 Å². The Morgan fingerprint density at radius 2 is 1.46 bits per heavy atom. The minimum atomic E-state index is -4.42. The molecule has 10 rings (SSSR count). The van der Waals surface area contributed by atoms with Crippen molar-refractivity contribution in [2.45, 2.75) is 128 Å². The lowest BCUT2D eigenvalue weighted by atomic mass is 10.0. The van der Waals surface area contributed by atoms with E-state index in [-0.39, 0.29) is 133 Å². The number of aromatic amines is 1. The van der Waals surface area contributed by atoms with E-state index in [1.54, 1.807) is 69.5 Å². The fraction of sp³-hybridized carbons (Fsp3) is 0.592. The number of carbonyl (C=O) groups excluding carboxylic acids is 6. The van der Waals surface area contributed by atoms with Crippen LogP contribution in [0.2, 0.25) is 0 Å². The SMILES string of the molecule is COCCOCCOCCOCCN(Cc1ccccc1C(=O)Nc1nc2c(ncn2[C@@H]2O[C@@H]3CO[P@@](=O)(S)O[C@H]4C[C@H](Oc5ccncn5)C[C@@H]4CO[P@@](=O)(S)O[C@@H]2[C@@H]3O)c(=O)[nH]1)C(=O)OCc1ccc(NC(=O)[C@H](C)NC(=O)[C@@H](NC(=O)CCOCCOCCNC(=O)OC[C@@H]2[C@@H]3CCC#CCC[C@@H]32)C(C)C)cc1. The highest BCUT2D eigenvalue weighted by Gasteiger charge is 2.52. The molecule has 6 amide bonds. The second-order valence-electron chi connectivity index (χ2n) is 27.1. The number of hydrogen-bond acceptors (Lipinski definition) is 28. The Bertz CT molecular complexity index is 4130. The number of rotatable bonds is 38. The molecule has 7 N–H and O–H groups in total. The summed E-state index contributed by atoms with van der Waals surface area (Å²) < 4.78 is 109. The van der Waals surface area contributed by atoms with Crippen LogP contribution in [-0.4, -0.2) is 231 Å². The normalized spacial score (nSPS) is 24.8. The average Bonchev–Trinajstić information content (AvgIpc) is 1.62. The summed E-state index contributed by atoms with van der Waals surface area (Å²) in [4.78, 5) is 115. The number of methoxy groups -OCH3 is 1. The topological polar surface area (TPSA) is 439 Å². The van der Waals surface area contributed by atoms with Crippen LogP contribution in [0, 0.1) is 41.4 Å². The third kappa shape index (κ3) is 26.2. The number of aliphatic hydroxyl groups is 1. The molecule has 5 aliphatic rings. The van der Waals surface area contributed by atoms with Crippen molar-refractivity contribution in [3.8, 4) is 17.7 Å². The lowest BCUT2D eigenvalue weighted by Gasteiger charge is -2.26. The molecule has 2 saturated heterocycles. The third-order valence-corrected chi connectivity index (χ3v) is 22.1. The third-order valence-electron chi connectivity index (χ3n) is 18.8. The quantitative estimate of drug-likeness (QED) is 0.00921. The number of aromatic nitrogens is 6. The van der Waals surface area contributed by atoms with Gasteiger partial charge in [0.25, 0.3) is 11.5 Å². The molecule has 2 aromatic carbocycles. The monoisotopic (exact) mass is 1630 g/mol. The van der Waals surface area contributed by atoms with Gasteiger partial charge in [-0.25, -0.2) is 33.7 Å². The molecule has 0 unspecified atom stereocenters. The van der Waals surface area contributed by atoms with Crippen molar-refractivity contribution in [2.24, 2.45) is 29.6 Å². The molecule has 0 radical (unpaired) electrons. The van der Waals surface area contributed by atoms with Crippen molar-refractivity contribution in [1.29, 1.82) is 0 Å². The van der Waals surface area contributed by atoms with Gasteiger partial charge in [0.15, 0.2) is 17.4 Å². The summed E-state index contributed by atoms with van der Waals surface area (Å²) in [5, 5.41) is 25.2. The summed E-state index contributed by atoms with van der Waals surface area (Å²) in [7, 11) is 1.57. The first-order chi connectivity index (χ1) is 53.5. The first-order valence-corrected chi connectivity index (χ1v) is 42.0.